The van der Waals surface area contributed by atoms with Gasteiger partial charge in [-0.2, -0.15) is 0 Å². The molecule has 172 valence electrons. The van der Waals surface area contributed by atoms with Gasteiger partial charge in [0.05, 0.1) is 11.4 Å². The number of nitrogen functional groups attached to an aromatic ring is 1. The van der Waals surface area contributed by atoms with Gasteiger partial charge in [-0.05, 0) is 50.2 Å². The Labute approximate surface area is 193 Å². The number of pyridine rings is 1. The van der Waals surface area contributed by atoms with Crippen molar-refractivity contribution in [1.29, 1.82) is 10.2 Å². The van der Waals surface area contributed by atoms with Gasteiger partial charge in [0.25, 0.3) is 0 Å². The molecule has 1 aliphatic rings. The molecular formula is C23H27N7O2S. The van der Waals surface area contributed by atoms with Gasteiger partial charge in [0.15, 0.2) is 0 Å². The fourth-order valence-electron chi connectivity index (χ4n) is 3.63. The summed E-state index contributed by atoms with van der Waals surface area (Å²) in [5.74, 6) is 2.71. The largest absolute Gasteiger partial charge is 0.484 e. The Morgan fingerprint density at radius 1 is 1.18 bits per heavy atom. The third-order valence-corrected chi connectivity index (χ3v) is 7.25. The number of rotatable bonds is 6. The topological polar surface area (TPSA) is 142 Å². The molecule has 9 nitrogen and oxygen atoms in total. The van der Waals surface area contributed by atoms with Crippen LogP contribution in [0, 0.1) is 17.1 Å². The van der Waals surface area contributed by atoms with Crippen LogP contribution in [-0.2, 0) is 9.73 Å². The van der Waals surface area contributed by atoms with E-state index in [2.05, 4.69) is 15.0 Å². The summed E-state index contributed by atoms with van der Waals surface area (Å²) in [6.45, 7) is 4.83. The SMILES string of the molecule is Cc1nccc(C(C)Oc2ccc(N)c(C(=N)c3ccc(N4CCS(=N)(=O)CC4)nc3)c2)n1. The number of hydrogen-bond donors (Lipinski definition) is 3. The van der Waals surface area contributed by atoms with Crippen LogP contribution in [0.3, 0.4) is 0 Å². The Balaban J connectivity index is 1.50. The Morgan fingerprint density at radius 3 is 2.61 bits per heavy atom. The number of aryl methyl sites for hydroxylation is 1. The van der Waals surface area contributed by atoms with E-state index in [0.717, 1.165) is 11.5 Å². The highest BCUT2D eigenvalue weighted by Gasteiger charge is 2.20. The monoisotopic (exact) mass is 465 g/mol. The minimum absolute atomic E-state index is 0.246. The van der Waals surface area contributed by atoms with Crippen LogP contribution in [-0.4, -0.2) is 49.5 Å². The first-order chi connectivity index (χ1) is 15.7. The maximum atomic E-state index is 11.9. The highest BCUT2D eigenvalue weighted by molar-refractivity contribution is 7.92. The molecule has 0 aliphatic carbocycles. The third kappa shape index (κ3) is 5.28. The predicted octanol–water partition coefficient (Wildman–Crippen LogP) is 3.19. The maximum Gasteiger partial charge on any atom is 0.138 e. The number of aromatic nitrogens is 3. The molecule has 3 heterocycles. The Kier molecular flexibility index (Phi) is 6.28. The van der Waals surface area contributed by atoms with Crippen molar-refractivity contribution in [2.45, 2.75) is 20.0 Å². The number of ether oxygens (including phenoxy) is 1. The summed E-state index contributed by atoms with van der Waals surface area (Å²) < 4.78 is 25.6. The van der Waals surface area contributed by atoms with Crippen molar-refractivity contribution in [1.82, 2.24) is 15.0 Å². The second-order valence-corrected chi connectivity index (χ2v) is 10.5. The third-order valence-electron chi connectivity index (χ3n) is 5.56. The fraction of sp³-hybridized carbons (Fsp3) is 0.304. The van der Waals surface area contributed by atoms with E-state index in [-0.39, 0.29) is 11.8 Å². The van der Waals surface area contributed by atoms with Crippen LogP contribution in [0.2, 0.25) is 0 Å². The van der Waals surface area contributed by atoms with Gasteiger partial charge in [-0.3, -0.25) is 10.2 Å². The molecule has 0 bridgehead atoms. The van der Waals surface area contributed by atoms with Gasteiger partial charge >= 0.3 is 0 Å². The summed E-state index contributed by atoms with van der Waals surface area (Å²) in [6.07, 6.45) is 3.05. The molecule has 1 aromatic carbocycles. The van der Waals surface area contributed by atoms with Crippen LogP contribution in [0.4, 0.5) is 11.5 Å². The Bertz CT molecular complexity index is 1260. The minimum Gasteiger partial charge on any atom is -0.484 e. The van der Waals surface area contributed by atoms with Crippen LogP contribution in [0.5, 0.6) is 5.75 Å². The van der Waals surface area contributed by atoms with E-state index in [1.54, 1.807) is 30.6 Å². The molecule has 0 spiro atoms. The summed E-state index contributed by atoms with van der Waals surface area (Å²) in [7, 11) is -2.46. The zero-order valence-electron chi connectivity index (χ0n) is 18.6. The van der Waals surface area contributed by atoms with Crippen LogP contribution < -0.4 is 15.4 Å². The van der Waals surface area contributed by atoms with Gasteiger partial charge in [0, 0.05) is 63.5 Å². The molecule has 3 aromatic rings. The van der Waals surface area contributed by atoms with Crippen molar-refractivity contribution in [2.75, 3.05) is 35.2 Å². The number of nitrogens with one attached hydrogen (secondary N) is 2. The molecule has 1 atom stereocenters. The van der Waals surface area contributed by atoms with E-state index in [9.17, 15) is 4.21 Å². The van der Waals surface area contributed by atoms with Crippen molar-refractivity contribution in [2.24, 2.45) is 0 Å². The molecule has 1 saturated heterocycles. The van der Waals surface area contributed by atoms with Gasteiger partial charge in [-0.1, -0.05) is 0 Å². The zero-order valence-corrected chi connectivity index (χ0v) is 19.4. The lowest BCUT2D eigenvalue weighted by molar-refractivity contribution is 0.221. The van der Waals surface area contributed by atoms with Crippen LogP contribution in [0.1, 0.15) is 35.7 Å². The van der Waals surface area contributed by atoms with Gasteiger partial charge in [-0.25, -0.2) is 19.2 Å². The molecule has 10 heteroatoms. The number of hydrogen-bond acceptors (Lipinski definition) is 9. The van der Waals surface area contributed by atoms with E-state index >= 15 is 0 Å². The smallest absolute Gasteiger partial charge is 0.138 e. The van der Waals surface area contributed by atoms with Crippen molar-refractivity contribution in [3.05, 3.63) is 71.4 Å². The average molecular weight is 466 g/mol. The number of benzene rings is 1. The summed E-state index contributed by atoms with van der Waals surface area (Å²) >= 11 is 0. The molecule has 4 rings (SSSR count). The molecule has 0 saturated carbocycles. The van der Waals surface area contributed by atoms with Gasteiger partial charge in [0.2, 0.25) is 0 Å². The highest BCUT2D eigenvalue weighted by Crippen LogP contribution is 2.27. The molecule has 2 aromatic heterocycles. The van der Waals surface area contributed by atoms with E-state index < -0.39 is 9.73 Å². The summed E-state index contributed by atoms with van der Waals surface area (Å²) in [5, 5.41) is 8.68. The predicted molar refractivity (Wildman–Crippen MR) is 130 cm³/mol. The first-order valence-corrected chi connectivity index (χ1v) is 12.5. The standard InChI is InChI=1S/C23H27N7O2S/c1-15(21-7-8-27-16(2)29-21)32-18-4-5-20(24)19(13-18)23(25)17-3-6-22(28-14-17)30-9-11-33(26,31)12-10-30/h3-8,13-15,25-26H,9-12,24H2,1-2H3. The van der Waals surface area contributed by atoms with Crippen LogP contribution in [0.25, 0.3) is 0 Å². The summed E-state index contributed by atoms with van der Waals surface area (Å²) in [5.41, 5.74) is 8.85. The van der Waals surface area contributed by atoms with Crippen molar-refractivity contribution in [3.63, 3.8) is 0 Å². The average Bonchev–Trinajstić information content (AvgIpc) is 2.80. The quantitative estimate of drug-likeness (QED) is 0.375. The normalized spacial score (nSPS) is 16.2. The van der Waals surface area contributed by atoms with Gasteiger partial charge < -0.3 is 15.4 Å². The summed E-state index contributed by atoms with van der Waals surface area (Å²) in [6, 6.07) is 10.7. The molecule has 1 fully saturated rings. The first kappa shape index (κ1) is 22.7. The van der Waals surface area contributed by atoms with Gasteiger partial charge in [-0.15, -0.1) is 0 Å². The number of nitrogens with zero attached hydrogens (tertiary/aromatic N) is 4. The molecule has 1 unspecified atom stereocenters. The molecular weight excluding hydrogens is 438 g/mol. The molecule has 1 aliphatic heterocycles. The lowest BCUT2D eigenvalue weighted by atomic mass is 10.0. The Hall–Kier alpha value is -3.53. The summed E-state index contributed by atoms with van der Waals surface area (Å²) in [4.78, 5) is 15.0. The van der Waals surface area contributed by atoms with Crippen molar-refractivity contribution >= 4 is 26.9 Å². The van der Waals surface area contributed by atoms with Crippen LogP contribution >= 0.6 is 0 Å². The zero-order chi connectivity index (χ0) is 23.6. The number of nitrogens with two attached hydrogens (primary N) is 1. The number of anilines is 2. The highest BCUT2D eigenvalue weighted by atomic mass is 32.2. The maximum absolute atomic E-state index is 11.9. The molecule has 4 N–H and O–H groups in total. The van der Waals surface area contributed by atoms with Crippen LogP contribution in [0.15, 0.2) is 48.8 Å². The van der Waals surface area contributed by atoms with Crippen molar-refractivity contribution in [3.8, 4) is 5.75 Å². The Morgan fingerprint density at radius 2 is 1.94 bits per heavy atom. The lowest BCUT2D eigenvalue weighted by Crippen LogP contribution is -2.40. The molecule has 0 amide bonds. The van der Waals surface area contributed by atoms with Crippen molar-refractivity contribution < 1.29 is 8.95 Å². The fourth-order valence-corrected chi connectivity index (χ4v) is 4.86. The van der Waals surface area contributed by atoms with E-state index in [4.69, 9.17) is 20.7 Å². The lowest BCUT2D eigenvalue weighted by Gasteiger charge is -2.29. The van der Waals surface area contributed by atoms with E-state index in [1.165, 1.54) is 0 Å². The van der Waals surface area contributed by atoms with E-state index in [1.807, 2.05) is 36.9 Å². The molecule has 0 radical (unpaired) electrons. The second-order valence-electron chi connectivity index (χ2n) is 8.03. The van der Waals surface area contributed by atoms with Gasteiger partial charge in [0.1, 0.15) is 23.5 Å². The van der Waals surface area contributed by atoms with E-state index in [0.29, 0.717) is 53.0 Å². The minimum atomic E-state index is -2.46. The molecule has 33 heavy (non-hydrogen) atoms. The first-order valence-electron chi connectivity index (χ1n) is 10.6. The second kappa shape index (κ2) is 9.14.